The van der Waals surface area contributed by atoms with E-state index in [-0.39, 0.29) is 0 Å². The standard InChI is InChI=1S/C18H26N6O/c1-3-7-22(8-4-2)15-6-5-14-13-24-17(19-16(14)15)20-18(21-24)23-9-11-25-12-10-23/h3-4,14-15H,1-2,5-13H2. The van der Waals surface area contributed by atoms with Gasteiger partial charge in [0.25, 0.3) is 0 Å². The van der Waals surface area contributed by atoms with E-state index in [1.54, 1.807) is 0 Å². The van der Waals surface area contributed by atoms with Crippen LogP contribution in [0.1, 0.15) is 12.8 Å². The van der Waals surface area contributed by atoms with Gasteiger partial charge >= 0.3 is 0 Å². The Hall–Kier alpha value is -1.99. The van der Waals surface area contributed by atoms with Crippen molar-refractivity contribution in [2.45, 2.75) is 25.4 Å². The second-order valence-electron chi connectivity index (χ2n) is 6.85. The van der Waals surface area contributed by atoms with E-state index >= 15 is 0 Å². The number of ether oxygens (including phenoxy) is 1. The molecule has 3 aliphatic rings. The fourth-order valence-electron chi connectivity index (χ4n) is 4.06. The smallest absolute Gasteiger partial charge is 0.249 e. The Labute approximate surface area is 148 Å². The molecule has 2 atom stereocenters. The Morgan fingerprint density at radius 2 is 1.92 bits per heavy atom. The first-order valence-corrected chi connectivity index (χ1v) is 9.12. The summed E-state index contributed by atoms with van der Waals surface area (Å²) in [5, 5.41) is 4.70. The van der Waals surface area contributed by atoms with Gasteiger partial charge in [0.15, 0.2) is 0 Å². The zero-order valence-corrected chi connectivity index (χ0v) is 14.7. The number of morpholine rings is 1. The van der Waals surface area contributed by atoms with Crippen molar-refractivity contribution < 1.29 is 4.74 Å². The maximum absolute atomic E-state index is 5.42. The molecule has 0 spiro atoms. The third-order valence-electron chi connectivity index (χ3n) is 5.27. The van der Waals surface area contributed by atoms with Crippen molar-refractivity contribution in [3.63, 3.8) is 0 Å². The van der Waals surface area contributed by atoms with Crippen LogP contribution in [-0.4, -0.2) is 70.8 Å². The molecule has 2 fully saturated rings. The molecule has 1 saturated heterocycles. The Balaban J connectivity index is 1.58. The van der Waals surface area contributed by atoms with Crippen LogP contribution >= 0.6 is 0 Å². The van der Waals surface area contributed by atoms with E-state index in [1.165, 1.54) is 5.71 Å². The van der Waals surface area contributed by atoms with Gasteiger partial charge in [0.1, 0.15) is 0 Å². The number of aliphatic imine (C=N–C) groups is 1. The molecule has 0 radical (unpaired) electrons. The van der Waals surface area contributed by atoms with E-state index < -0.39 is 0 Å². The second kappa shape index (κ2) is 7.09. The van der Waals surface area contributed by atoms with Gasteiger partial charge in [-0.15, -0.1) is 18.3 Å². The van der Waals surface area contributed by atoms with Crippen LogP contribution in [0.5, 0.6) is 0 Å². The molecule has 1 aliphatic carbocycles. The minimum absolute atomic E-state index is 0.360. The molecule has 25 heavy (non-hydrogen) atoms. The van der Waals surface area contributed by atoms with Crippen molar-refractivity contribution in [1.82, 2.24) is 19.7 Å². The van der Waals surface area contributed by atoms with Gasteiger partial charge in [0.2, 0.25) is 11.9 Å². The highest BCUT2D eigenvalue weighted by Crippen LogP contribution is 2.35. The fourth-order valence-corrected chi connectivity index (χ4v) is 4.06. The Kier molecular flexibility index (Phi) is 4.67. The van der Waals surface area contributed by atoms with E-state index in [1.807, 2.05) is 16.8 Å². The Morgan fingerprint density at radius 3 is 2.64 bits per heavy atom. The molecule has 2 aliphatic heterocycles. The number of nitrogens with zero attached hydrogens (tertiary/aromatic N) is 6. The van der Waals surface area contributed by atoms with Crippen LogP contribution in [0, 0.1) is 5.92 Å². The number of aromatic nitrogens is 3. The lowest BCUT2D eigenvalue weighted by molar-refractivity contribution is 0.122. The zero-order valence-electron chi connectivity index (χ0n) is 14.7. The van der Waals surface area contributed by atoms with Crippen LogP contribution in [0.25, 0.3) is 0 Å². The van der Waals surface area contributed by atoms with Crippen LogP contribution in [0.3, 0.4) is 0 Å². The van der Waals surface area contributed by atoms with E-state index in [9.17, 15) is 0 Å². The fraction of sp³-hybridized carbons (Fsp3) is 0.611. The van der Waals surface area contributed by atoms with Crippen molar-refractivity contribution in [2.75, 3.05) is 44.3 Å². The summed E-state index contributed by atoms with van der Waals surface area (Å²) in [6, 6.07) is 0.360. The summed E-state index contributed by atoms with van der Waals surface area (Å²) >= 11 is 0. The van der Waals surface area contributed by atoms with Crippen LogP contribution in [-0.2, 0) is 11.3 Å². The number of fused-ring (bicyclic) bond motifs is 2. The van der Waals surface area contributed by atoms with Gasteiger partial charge in [-0.25, -0.2) is 9.67 Å². The number of rotatable bonds is 6. The molecule has 1 saturated carbocycles. The lowest BCUT2D eigenvalue weighted by Gasteiger charge is -2.29. The summed E-state index contributed by atoms with van der Waals surface area (Å²) in [5.41, 5.74) is 1.26. The molecule has 134 valence electrons. The molecule has 0 N–H and O–H groups in total. The molecule has 2 unspecified atom stereocenters. The van der Waals surface area contributed by atoms with Gasteiger partial charge in [-0.05, 0) is 12.8 Å². The number of hydrogen-bond donors (Lipinski definition) is 0. The minimum Gasteiger partial charge on any atom is -0.378 e. The average molecular weight is 342 g/mol. The van der Waals surface area contributed by atoms with Crippen LogP contribution in [0.15, 0.2) is 30.3 Å². The molecule has 1 aromatic rings. The number of anilines is 1. The summed E-state index contributed by atoms with van der Waals surface area (Å²) in [5.74, 6) is 2.00. The van der Waals surface area contributed by atoms with Crippen molar-refractivity contribution in [1.29, 1.82) is 0 Å². The lowest BCUT2D eigenvalue weighted by Crippen LogP contribution is -2.41. The predicted octanol–water partition coefficient (Wildman–Crippen LogP) is 1.65. The van der Waals surface area contributed by atoms with Crippen molar-refractivity contribution in [2.24, 2.45) is 10.9 Å². The first-order chi connectivity index (χ1) is 12.3. The molecule has 7 nitrogen and oxygen atoms in total. The highest BCUT2D eigenvalue weighted by atomic mass is 16.5. The molecule has 0 bridgehead atoms. The summed E-state index contributed by atoms with van der Waals surface area (Å²) in [6.07, 6.45) is 6.20. The third-order valence-corrected chi connectivity index (χ3v) is 5.27. The van der Waals surface area contributed by atoms with Crippen molar-refractivity contribution in [3.8, 4) is 0 Å². The topological polar surface area (TPSA) is 58.8 Å². The van der Waals surface area contributed by atoms with Crippen molar-refractivity contribution in [3.05, 3.63) is 25.3 Å². The van der Waals surface area contributed by atoms with E-state index in [0.717, 1.165) is 70.7 Å². The maximum Gasteiger partial charge on any atom is 0.249 e. The highest BCUT2D eigenvalue weighted by molar-refractivity contribution is 5.95. The summed E-state index contributed by atoms with van der Waals surface area (Å²) in [7, 11) is 0. The Bertz CT molecular complexity index is 665. The van der Waals surface area contributed by atoms with Gasteiger partial charge in [-0.3, -0.25) is 4.90 Å². The zero-order chi connectivity index (χ0) is 17.2. The van der Waals surface area contributed by atoms with Crippen molar-refractivity contribution >= 4 is 17.6 Å². The van der Waals surface area contributed by atoms with Crippen LogP contribution in [0.4, 0.5) is 11.9 Å². The minimum atomic E-state index is 0.360. The number of hydrogen-bond acceptors (Lipinski definition) is 6. The molecular weight excluding hydrogens is 316 g/mol. The predicted molar refractivity (Wildman–Crippen MR) is 98.6 cm³/mol. The monoisotopic (exact) mass is 342 g/mol. The molecule has 3 heterocycles. The van der Waals surface area contributed by atoms with E-state index in [0.29, 0.717) is 12.0 Å². The summed E-state index contributed by atoms with van der Waals surface area (Å²) in [6.45, 7) is 13.5. The largest absolute Gasteiger partial charge is 0.378 e. The second-order valence-corrected chi connectivity index (χ2v) is 6.85. The van der Waals surface area contributed by atoms with E-state index in [4.69, 9.17) is 19.8 Å². The van der Waals surface area contributed by atoms with Gasteiger partial charge < -0.3 is 9.64 Å². The quantitative estimate of drug-likeness (QED) is 0.736. The molecule has 1 aromatic heterocycles. The first kappa shape index (κ1) is 16.5. The first-order valence-electron chi connectivity index (χ1n) is 9.12. The van der Waals surface area contributed by atoms with Gasteiger partial charge in [0, 0.05) is 43.9 Å². The lowest BCUT2D eigenvalue weighted by atomic mass is 10.0. The normalized spacial score (nSPS) is 25.5. The molecule has 0 amide bonds. The summed E-state index contributed by atoms with van der Waals surface area (Å²) in [4.78, 5) is 14.2. The molecule has 0 aromatic carbocycles. The highest BCUT2D eigenvalue weighted by Gasteiger charge is 2.38. The maximum atomic E-state index is 5.42. The average Bonchev–Trinajstić information content (AvgIpc) is 3.23. The molecule has 7 heteroatoms. The van der Waals surface area contributed by atoms with E-state index in [2.05, 4.69) is 23.0 Å². The molecular formula is C18H26N6O. The van der Waals surface area contributed by atoms with Gasteiger partial charge in [-0.1, -0.05) is 12.2 Å². The van der Waals surface area contributed by atoms with Crippen LogP contribution < -0.4 is 4.90 Å². The van der Waals surface area contributed by atoms with Gasteiger partial charge in [-0.2, -0.15) is 4.98 Å². The van der Waals surface area contributed by atoms with Crippen LogP contribution in [0.2, 0.25) is 0 Å². The van der Waals surface area contributed by atoms with Gasteiger partial charge in [0.05, 0.1) is 19.8 Å². The molecule has 4 rings (SSSR count). The SMILES string of the molecule is C=CCN(CC=C)C1CCC2Cn3nc(N4CCOCC4)nc3N=C21. The Morgan fingerprint density at radius 1 is 1.16 bits per heavy atom. The summed E-state index contributed by atoms with van der Waals surface area (Å²) < 4.78 is 7.40. The third kappa shape index (κ3) is 3.14.